The maximum atomic E-state index is 6.17. The van der Waals surface area contributed by atoms with E-state index in [2.05, 4.69) is 39.8 Å². The fourth-order valence-electron chi connectivity index (χ4n) is 2.72. The summed E-state index contributed by atoms with van der Waals surface area (Å²) in [4.78, 5) is 0. The van der Waals surface area contributed by atoms with Crippen LogP contribution in [0, 0.1) is 10.5 Å². The van der Waals surface area contributed by atoms with Crippen molar-refractivity contribution >= 4 is 28.4 Å². The van der Waals surface area contributed by atoms with Gasteiger partial charge in [0.15, 0.2) is 0 Å². The van der Waals surface area contributed by atoms with Crippen LogP contribution in [-0.4, -0.2) is 16.9 Å². The summed E-state index contributed by atoms with van der Waals surface area (Å²) in [6, 6.07) is 6.50. The lowest BCUT2D eigenvalue weighted by molar-refractivity contribution is 0.413. The molecule has 2 aromatic rings. The molecule has 1 unspecified atom stereocenters. The highest BCUT2D eigenvalue weighted by atomic mass is 127. The molecule has 0 fully saturated rings. The summed E-state index contributed by atoms with van der Waals surface area (Å²) in [6.07, 6.45) is 2.11. The SMILES string of the molecule is COc1ccc2c(c1)C(n1nc(C)c(I)c1N)CC2. The number of hydrogen-bond acceptors (Lipinski definition) is 3. The summed E-state index contributed by atoms with van der Waals surface area (Å²) in [6.45, 7) is 2.00. The predicted molar refractivity (Wildman–Crippen MR) is 83.5 cm³/mol. The lowest BCUT2D eigenvalue weighted by atomic mass is 10.1. The first-order valence-corrected chi connectivity index (χ1v) is 7.36. The molecule has 3 rings (SSSR count). The predicted octanol–water partition coefficient (Wildman–Crippen LogP) is 2.92. The average molecular weight is 369 g/mol. The summed E-state index contributed by atoms with van der Waals surface area (Å²) in [7, 11) is 1.70. The highest BCUT2D eigenvalue weighted by molar-refractivity contribution is 14.1. The summed E-state index contributed by atoms with van der Waals surface area (Å²) in [5.41, 5.74) is 9.82. The smallest absolute Gasteiger partial charge is 0.136 e. The molecule has 19 heavy (non-hydrogen) atoms. The van der Waals surface area contributed by atoms with Gasteiger partial charge in [-0.15, -0.1) is 0 Å². The highest BCUT2D eigenvalue weighted by Crippen LogP contribution is 2.38. The highest BCUT2D eigenvalue weighted by Gasteiger charge is 2.27. The zero-order valence-electron chi connectivity index (χ0n) is 11.0. The maximum absolute atomic E-state index is 6.17. The van der Waals surface area contributed by atoms with Crippen molar-refractivity contribution in [3.8, 4) is 5.75 Å². The number of anilines is 1. The Bertz CT molecular complexity index is 636. The molecular weight excluding hydrogens is 353 g/mol. The minimum absolute atomic E-state index is 0.229. The molecule has 1 aliphatic carbocycles. The second-order valence-electron chi connectivity index (χ2n) is 4.85. The number of nitrogens with two attached hydrogens (primary N) is 1. The van der Waals surface area contributed by atoms with Crippen molar-refractivity contribution in [2.45, 2.75) is 25.8 Å². The van der Waals surface area contributed by atoms with Crippen LogP contribution in [0.15, 0.2) is 18.2 Å². The Morgan fingerprint density at radius 3 is 2.89 bits per heavy atom. The van der Waals surface area contributed by atoms with E-state index in [1.165, 1.54) is 11.1 Å². The van der Waals surface area contributed by atoms with Crippen LogP contribution in [0.5, 0.6) is 5.75 Å². The third kappa shape index (κ3) is 2.00. The van der Waals surface area contributed by atoms with Crippen LogP contribution >= 0.6 is 22.6 Å². The summed E-state index contributed by atoms with van der Waals surface area (Å²) in [5.74, 6) is 1.65. The minimum Gasteiger partial charge on any atom is -0.497 e. The molecule has 2 N–H and O–H groups in total. The van der Waals surface area contributed by atoms with E-state index in [4.69, 9.17) is 10.5 Å². The van der Waals surface area contributed by atoms with Crippen molar-refractivity contribution < 1.29 is 4.74 Å². The van der Waals surface area contributed by atoms with Crippen LogP contribution in [0.2, 0.25) is 0 Å². The topological polar surface area (TPSA) is 53.1 Å². The molecule has 0 bridgehead atoms. The Labute approximate surface area is 126 Å². The lowest BCUT2D eigenvalue weighted by Gasteiger charge is -2.15. The molecule has 5 heteroatoms. The van der Waals surface area contributed by atoms with Crippen molar-refractivity contribution in [1.29, 1.82) is 0 Å². The second kappa shape index (κ2) is 4.70. The molecule has 1 aliphatic rings. The quantitative estimate of drug-likeness (QED) is 0.829. The zero-order chi connectivity index (χ0) is 13.6. The van der Waals surface area contributed by atoms with Crippen LogP contribution in [-0.2, 0) is 6.42 Å². The van der Waals surface area contributed by atoms with Gasteiger partial charge in [-0.25, -0.2) is 4.68 Å². The van der Waals surface area contributed by atoms with Gasteiger partial charge < -0.3 is 10.5 Å². The van der Waals surface area contributed by atoms with Crippen LogP contribution in [0.4, 0.5) is 5.82 Å². The molecule has 0 saturated heterocycles. The van der Waals surface area contributed by atoms with E-state index in [-0.39, 0.29) is 6.04 Å². The van der Waals surface area contributed by atoms with E-state index in [0.717, 1.165) is 33.7 Å². The molecule has 0 amide bonds. The molecular formula is C14H16IN3O. The normalized spacial score (nSPS) is 17.5. The van der Waals surface area contributed by atoms with Crippen molar-refractivity contribution in [1.82, 2.24) is 9.78 Å². The van der Waals surface area contributed by atoms with Gasteiger partial charge in [0, 0.05) is 0 Å². The van der Waals surface area contributed by atoms with Crippen molar-refractivity contribution in [3.05, 3.63) is 38.6 Å². The molecule has 1 aromatic heterocycles. The number of nitrogen functional groups attached to an aromatic ring is 1. The summed E-state index contributed by atoms with van der Waals surface area (Å²) < 4.78 is 8.33. The minimum atomic E-state index is 0.229. The van der Waals surface area contributed by atoms with Crippen molar-refractivity contribution in [2.24, 2.45) is 0 Å². The first kappa shape index (κ1) is 12.8. The molecule has 0 saturated carbocycles. The van der Waals surface area contributed by atoms with Gasteiger partial charge in [0.25, 0.3) is 0 Å². The van der Waals surface area contributed by atoms with E-state index in [0.29, 0.717) is 0 Å². The van der Waals surface area contributed by atoms with Gasteiger partial charge in [-0.2, -0.15) is 5.10 Å². The summed E-state index contributed by atoms with van der Waals surface area (Å²) in [5, 5.41) is 4.59. The van der Waals surface area contributed by atoms with E-state index in [9.17, 15) is 0 Å². The van der Waals surface area contributed by atoms with Gasteiger partial charge in [-0.3, -0.25) is 0 Å². The standard InChI is InChI=1S/C14H16IN3O/c1-8-13(15)14(16)18(17-8)12-6-4-9-3-5-10(19-2)7-11(9)12/h3,5,7,12H,4,6,16H2,1-2H3. The van der Waals surface area contributed by atoms with Gasteiger partial charge in [0.1, 0.15) is 11.6 Å². The van der Waals surface area contributed by atoms with Gasteiger partial charge >= 0.3 is 0 Å². The van der Waals surface area contributed by atoms with Crippen LogP contribution < -0.4 is 10.5 Å². The second-order valence-corrected chi connectivity index (χ2v) is 5.93. The van der Waals surface area contributed by atoms with Crippen LogP contribution in [0.1, 0.15) is 29.3 Å². The first-order chi connectivity index (χ1) is 9.11. The van der Waals surface area contributed by atoms with Crippen molar-refractivity contribution in [3.63, 3.8) is 0 Å². The fourth-order valence-corrected chi connectivity index (χ4v) is 3.08. The number of benzene rings is 1. The van der Waals surface area contributed by atoms with Gasteiger partial charge in [0.05, 0.1) is 22.4 Å². The Kier molecular flexibility index (Phi) is 3.16. The molecule has 1 aromatic carbocycles. The van der Waals surface area contributed by atoms with E-state index in [1.807, 2.05) is 17.7 Å². The number of aromatic nitrogens is 2. The maximum Gasteiger partial charge on any atom is 0.136 e. The monoisotopic (exact) mass is 369 g/mol. The zero-order valence-corrected chi connectivity index (χ0v) is 13.1. The molecule has 0 aliphatic heterocycles. The number of methoxy groups -OCH3 is 1. The molecule has 0 spiro atoms. The Morgan fingerprint density at radius 2 is 2.26 bits per heavy atom. The average Bonchev–Trinajstić information content (AvgIpc) is 2.94. The molecule has 100 valence electrons. The number of aryl methyl sites for hydroxylation is 2. The largest absolute Gasteiger partial charge is 0.497 e. The van der Waals surface area contributed by atoms with Crippen LogP contribution in [0.25, 0.3) is 0 Å². The summed E-state index contributed by atoms with van der Waals surface area (Å²) >= 11 is 2.26. The number of halogens is 1. The van der Waals surface area contributed by atoms with Gasteiger partial charge in [0.2, 0.25) is 0 Å². The number of hydrogen-bond donors (Lipinski definition) is 1. The van der Waals surface area contributed by atoms with Gasteiger partial charge in [-0.1, -0.05) is 6.07 Å². The number of nitrogens with zero attached hydrogens (tertiary/aromatic N) is 2. The Hall–Kier alpha value is -1.24. The van der Waals surface area contributed by atoms with Crippen LogP contribution in [0.3, 0.4) is 0 Å². The van der Waals surface area contributed by atoms with E-state index >= 15 is 0 Å². The van der Waals surface area contributed by atoms with Crippen molar-refractivity contribution in [2.75, 3.05) is 12.8 Å². The molecule has 0 radical (unpaired) electrons. The van der Waals surface area contributed by atoms with Gasteiger partial charge in [-0.05, 0) is 65.6 Å². The first-order valence-electron chi connectivity index (χ1n) is 6.28. The third-order valence-corrected chi connectivity index (χ3v) is 5.07. The number of rotatable bonds is 2. The molecule has 1 atom stereocenters. The fraction of sp³-hybridized carbons (Fsp3) is 0.357. The Balaban J connectivity index is 2.08. The number of fused-ring (bicyclic) bond motifs is 1. The van der Waals surface area contributed by atoms with E-state index < -0.39 is 0 Å². The van der Waals surface area contributed by atoms with E-state index in [1.54, 1.807) is 7.11 Å². The number of ether oxygens (including phenoxy) is 1. The lowest BCUT2D eigenvalue weighted by Crippen LogP contribution is -2.12. The third-order valence-electron chi connectivity index (χ3n) is 3.74. The molecule has 1 heterocycles. The Morgan fingerprint density at radius 1 is 1.47 bits per heavy atom. The molecule has 4 nitrogen and oxygen atoms in total.